The molecule has 2 N–H and O–H groups in total. The maximum Gasteiger partial charge on any atom is 0.247 e. The molecule has 4 aromatic rings. The molecule has 0 aliphatic heterocycles. The quantitative estimate of drug-likeness (QED) is 0.437. The predicted octanol–water partition coefficient (Wildman–Crippen LogP) is 3.87. The molecule has 0 saturated carbocycles. The molecule has 0 aliphatic rings. The Labute approximate surface area is 192 Å². The van der Waals surface area contributed by atoms with Crippen molar-refractivity contribution in [2.24, 2.45) is 7.05 Å². The zero-order valence-electron chi connectivity index (χ0n) is 18.3. The molecule has 0 fully saturated rings. The number of pyridine rings is 1. The van der Waals surface area contributed by atoms with Gasteiger partial charge >= 0.3 is 0 Å². The van der Waals surface area contributed by atoms with Gasteiger partial charge in [-0.05, 0) is 41.8 Å². The van der Waals surface area contributed by atoms with E-state index in [1.54, 1.807) is 35.3 Å². The van der Waals surface area contributed by atoms with Gasteiger partial charge in [-0.1, -0.05) is 42.5 Å². The molecule has 0 bridgehead atoms. The van der Waals surface area contributed by atoms with Gasteiger partial charge in [-0.25, -0.2) is 4.98 Å². The second kappa shape index (κ2) is 10.4. The summed E-state index contributed by atoms with van der Waals surface area (Å²) in [6.07, 6.45) is 6.15. The van der Waals surface area contributed by atoms with E-state index in [-0.39, 0.29) is 5.91 Å². The fourth-order valence-electron chi connectivity index (χ4n) is 3.52. The summed E-state index contributed by atoms with van der Waals surface area (Å²) in [7, 11) is 1.86. The molecule has 4 rings (SSSR count). The van der Waals surface area contributed by atoms with Gasteiger partial charge < -0.3 is 10.6 Å². The summed E-state index contributed by atoms with van der Waals surface area (Å²) in [4.78, 5) is 17.5. The number of hydrogen-bond acceptors (Lipinski definition) is 5. The molecule has 2 aromatic carbocycles. The first-order chi connectivity index (χ1) is 16.1. The van der Waals surface area contributed by atoms with E-state index in [2.05, 4.69) is 26.8 Å². The molecular weight excluding hydrogens is 412 g/mol. The molecule has 33 heavy (non-hydrogen) atoms. The number of aromatic nitrogens is 3. The molecule has 0 saturated heterocycles. The highest BCUT2D eigenvalue weighted by Crippen LogP contribution is 2.20. The summed E-state index contributed by atoms with van der Waals surface area (Å²) in [5, 5.41) is 19.4. The zero-order valence-corrected chi connectivity index (χ0v) is 18.3. The lowest BCUT2D eigenvalue weighted by Crippen LogP contribution is -2.34. The van der Waals surface area contributed by atoms with Gasteiger partial charge in [-0.15, -0.1) is 0 Å². The van der Waals surface area contributed by atoms with Crippen molar-refractivity contribution in [2.45, 2.75) is 12.5 Å². The molecule has 0 radical (unpaired) electrons. The highest BCUT2D eigenvalue weighted by Gasteiger charge is 2.20. The first-order valence-corrected chi connectivity index (χ1v) is 10.7. The maximum atomic E-state index is 13.1. The highest BCUT2D eigenvalue weighted by molar-refractivity contribution is 5.94. The summed E-state index contributed by atoms with van der Waals surface area (Å²) in [6.45, 7) is 0.603. The number of anilines is 1. The van der Waals surface area contributed by atoms with E-state index < -0.39 is 6.04 Å². The van der Waals surface area contributed by atoms with Gasteiger partial charge in [0.05, 0.1) is 17.8 Å². The van der Waals surface area contributed by atoms with Gasteiger partial charge in [0.2, 0.25) is 5.91 Å². The largest absolute Gasteiger partial charge is 0.309 e. The van der Waals surface area contributed by atoms with Crippen LogP contribution in [0.4, 0.5) is 5.82 Å². The van der Waals surface area contributed by atoms with Crippen LogP contribution in [0.25, 0.3) is 11.1 Å². The topological polar surface area (TPSA) is 95.6 Å². The van der Waals surface area contributed by atoms with Crippen LogP contribution in [0.15, 0.2) is 85.3 Å². The van der Waals surface area contributed by atoms with Crippen LogP contribution in [0, 0.1) is 11.3 Å². The standard InChI is InChI=1S/C26H24N6O/c1-32-18-23(17-30-32)22-11-12-24(29-16-22)31-26(33)25(21-5-3-2-4-6-21)28-14-13-19-7-9-20(15-27)10-8-19/h2-12,16-18,25,28H,13-14H2,1H3,(H,29,31,33). The van der Waals surface area contributed by atoms with E-state index in [9.17, 15) is 4.79 Å². The van der Waals surface area contributed by atoms with Gasteiger partial charge in [0, 0.05) is 37.1 Å². The minimum atomic E-state index is -0.524. The van der Waals surface area contributed by atoms with E-state index in [0.29, 0.717) is 17.9 Å². The third kappa shape index (κ3) is 5.70. The van der Waals surface area contributed by atoms with Crippen molar-refractivity contribution in [1.82, 2.24) is 20.1 Å². The van der Waals surface area contributed by atoms with Gasteiger partial charge in [0.15, 0.2) is 0 Å². The number of nitrogens with one attached hydrogen (secondary N) is 2. The average Bonchev–Trinajstić information content (AvgIpc) is 3.29. The van der Waals surface area contributed by atoms with Crippen LogP contribution in [0.2, 0.25) is 0 Å². The molecule has 164 valence electrons. The molecule has 1 unspecified atom stereocenters. The molecule has 1 atom stereocenters. The van der Waals surface area contributed by atoms with Crippen molar-refractivity contribution in [3.8, 4) is 17.2 Å². The average molecular weight is 437 g/mol. The lowest BCUT2D eigenvalue weighted by atomic mass is 10.0. The summed E-state index contributed by atoms with van der Waals surface area (Å²) >= 11 is 0. The fraction of sp³-hybridized carbons (Fsp3) is 0.154. The molecule has 2 aromatic heterocycles. The Morgan fingerprint density at radius 2 is 1.82 bits per heavy atom. The predicted molar refractivity (Wildman–Crippen MR) is 127 cm³/mol. The Hall–Kier alpha value is -4.28. The van der Waals surface area contributed by atoms with Crippen molar-refractivity contribution in [3.63, 3.8) is 0 Å². The van der Waals surface area contributed by atoms with Gasteiger partial charge in [0.1, 0.15) is 11.9 Å². The number of nitriles is 1. The highest BCUT2D eigenvalue weighted by atomic mass is 16.2. The minimum Gasteiger partial charge on any atom is -0.309 e. The number of hydrogen-bond donors (Lipinski definition) is 2. The Balaban J connectivity index is 1.42. The van der Waals surface area contributed by atoms with Crippen molar-refractivity contribution in [1.29, 1.82) is 5.26 Å². The van der Waals surface area contributed by atoms with Crippen LogP contribution in [0.3, 0.4) is 0 Å². The second-order valence-electron chi connectivity index (χ2n) is 7.68. The number of aryl methyl sites for hydroxylation is 1. The normalized spacial score (nSPS) is 11.5. The van der Waals surface area contributed by atoms with Crippen molar-refractivity contribution >= 4 is 11.7 Å². The molecule has 1 amide bonds. The molecule has 0 aliphatic carbocycles. The zero-order chi connectivity index (χ0) is 23.0. The number of rotatable bonds is 8. The van der Waals surface area contributed by atoms with Crippen LogP contribution < -0.4 is 10.6 Å². The number of amides is 1. The lowest BCUT2D eigenvalue weighted by molar-refractivity contribution is -0.118. The van der Waals surface area contributed by atoms with Crippen molar-refractivity contribution in [3.05, 3.63) is 102 Å². The summed E-state index contributed by atoms with van der Waals surface area (Å²) < 4.78 is 1.74. The number of benzene rings is 2. The third-order valence-corrected chi connectivity index (χ3v) is 5.29. The number of carbonyl (C=O) groups is 1. The monoisotopic (exact) mass is 436 g/mol. The van der Waals surface area contributed by atoms with Crippen molar-refractivity contribution < 1.29 is 4.79 Å². The van der Waals surface area contributed by atoms with E-state index in [1.807, 2.05) is 61.8 Å². The van der Waals surface area contributed by atoms with Gasteiger partial charge in [0.25, 0.3) is 0 Å². The van der Waals surface area contributed by atoms with Crippen LogP contribution in [-0.2, 0) is 18.3 Å². The van der Waals surface area contributed by atoms with Crippen LogP contribution in [-0.4, -0.2) is 27.2 Å². The Morgan fingerprint density at radius 3 is 2.45 bits per heavy atom. The third-order valence-electron chi connectivity index (χ3n) is 5.29. The first-order valence-electron chi connectivity index (χ1n) is 10.7. The van der Waals surface area contributed by atoms with Crippen molar-refractivity contribution in [2.75, 3.05) is 11.9 Å². The van der Waals surface area contributed by atoms with E-state index in [4.69, 9.17) is 5.26 Å². The smallest absolute Gasteiger partial charge is 0.247 e. The Kier molecular flexibility index (Phi) is 6.88. The number of nitrogens with zero attached hydrogens (tertiary/aromatic N) is 4. The van der Waals surface area contributed by atoms with Crippen LogP contribution in [0.1, 0.15) is 22.7 Å². The molecular formula is C26H24N6O. The molecule has 0 spiro atoms. The lowest BCUT2D eigenvalue weighted by Gasteiger charge is -2.19. The molecule has 7 nitrogen and oxygen atoms in total. The fourth-order valence-corrected chi connectivity index (χ4v) is 3.52. The summed E-state index contributed by atoms with van der Waals surface area (Å²) in [5.74, 6) is 0.310. The maximum absolute atomic E-state index is 13.1. The van der Waals surface area contributed by atoms with Crippen LogP contribution in [0.5, 0.6) is 0 Å². The van der Waals surface area contributed by atoms with E-state index in [1.165, 1.54) is 0 Å². The summed E-state index contributed by atoms with van der Waals surface area (Å²) in [5.41, 5.74) is 4.51. The SMILES string of the molecule is Cn1cc(-c2ccc(NC(=O)C(NCCc3ccc(C#N)cc3)c3ccccc3)nc2)cn1. The van der Waals surface area contributed by atoms with E-state index >= 15 is 0 Å². The van der Waals surface area contributed by atoms with Gasteiger partial charge in [-0.3, -0.25) is 9.48 Å². The first kappa shape index (κ1) is 21.9. The summed E-state index contributed by atoms with van der Waals surface area (Å²) in [6, 6.07) is 22.4. The molecule has 2 heterocycles. The van der Waals surface area contributed by atoms with Gasteiger partial charge in [-0.2, -0.15) is 10.4 Å². The Bertz CT molecular complexity index is 1240. The molecule has 7 heteroatoms. The Morgan fingerprint density at radius 1 is 1.03 bits per heavy atom. The second-order valence-corrected chi connectivity index (χ2v) is 7.68. The number of carbonyl (C=O) groups excluding carboxylic acids is 1. The van der Waals surface area contributed by atoms with E-state index in [0.717, 1.165) is 28.7 Å². The minimum absolute atomic E-state index is 0.178. The van der Waals surface area contributed by atoms with Crippen LogP contribution >= 0.6 is 0 Å².